The summed E-state index contributed by atoms with van der Waals surface area (Å²) in [7, 11) is 1.61. The number of fused-ring (bicyclic) bond motifs is 1. The third-order valence-electron chi connectivity index (χ3n) is 10.5. The third kappa shape index (κ3) is 9.74. The van der Waals surface area contributed by atoms with E-state index in [0.29, 0.717) is 17.9 Å². The molecule has 7 nitrogen and oxygen atoms in total. The quantitative estimate of drug-likeness (QED) is 0.0982. The van der Waals surface area contributed by atoms with Crippen LogP contribution in [-0.2, 0) is 57.6 Å². The molecule has 302 valence electrons. The van der Waals surface area contributed by atoms with Crippen molar-refractivity contribution < 1.29 is 37.9 Å². The van der Waals surface area contributed by atoms with Crippen molar-refractivity contribution in [1.82, 2.24) is 0 Å². The Morgan fingerprint density at radius 2 is 1.20 bits per heavy atom. The molecule has 9 heteroatoms. The van der Waals surface area contributed by atoms with Crippen molar-refractivity contribution >= 4 is 21.4 Å². The summed E-state index contributed by atoms with van der Waals surface area (Å²) in [4.78, 5) is 1.10. The Kier molecular flexibility index (Phi) is 13.1. The molecule has 1 aliphatic rings. The minimum Gasteiger partial charge on any atom is -0.496 e. The average Bonchev–Trinajstić information content (AvgIpc) is 3.70. The first-order chi connectivity index (χ1) is 29.0. The van der Waals surface area contributed by atoms with Crippen molar-refractivity contribution in [3.63, 3.8) is 0 Å². The number of halogens is 1. The average molecular weight is 811 g/mol. The Bertz CT molecular complexity index is 2340. The van der Waals surface area contributed by atoms with Crippen molar-refractivity contribution in [3.8, 4) is 11.5 Å². The molecule has 1 unspecified atom stereocenters. The number of hydrogen-bond donors (Lipinski definition) is 1. The molecule has 2 heterocycles. The molecular formula is C50H47FO7S. The maximum absolute atomic E-state index is 17.3. The number of rotatable bonds is 17. The number of benzene rings is 6. The monoisotopic (exact) mass is 810 g/mol. The van der Waals surface area contributed by atoms with Gasteiger partial charge in [0.05, 0.1) is 39.1 Å². The van der Waals surface area contributed by atoms with E-state index in [9.17, 15) is 5.11 Å². The first kappa shape index (κ1) is 40.4. The molecule has 1 saturated heterocycles. The van der Waals surface area contributed by atoms with Gasteiger partial charge in [0.1, 0.15) is 36.4 Å². The second-order valence-electron chi connectivity index (χ2n) is 14.6. The maximum atomic E-state index is 17.3. The molecule has 1 N–H and O–H groups in total. The van der Waals surface area contributed by atoms with Crippen LogP contribution in [0.4, 0.5) is 4.39 Å². The van der Waals surface area contributed by atoms with Gasteiger partial charge < -0.3 is 33.5 Å². The highest BCUT2D eigenvalue weighted by molar-refractivity contribution is 7.19. The van der Waals surface area contributed by atoms with Crippen LogP contribution in [0, 0.1) is 0 Å². The topological polar surface area (TPSA) is 75.6 Å². The van der Waals surface area contributed by atoms with Gasteiger partial charge in [-0.05, 0) is 45.8 Å². The lowest BCUT2D eigenvalue weighted by atomic mass is 9.86. The second-order valence-corrected chi connectivity index (χ2v) is 15.8. The van der Waals surface area contributed by atoms with Gasteiger partial charge in [-0.3, -0.25) is 0 Å². The van der Waals surface area contributed by atoms with Gasteiger partial charge in [0, 0.05) is 27.6 Å². The van der Waals surface area contributed by atoms with Crippen LogP contribution in [0.1, 0.15) is 38.3 Å². The van der Waals surface area contributed by atoms with E-state index in [2.05, 4.69) is 18.2 Å². The van der Waals surface area contributed by atoms with Crippen LogP contribution >= 0.6 is 11.3 Å². The minimum absolute atomic E-state index is 0.0509. The molecule has 0 saturated carbocycles. The fraction of sp³-hybridized carbons (Fsp3) is 0.240. The largest absolute Gasteiger partial charge is 0.496 e. The molecule has 1 aliphatic heterocycles. The summed E-state index contributed by atoms with van der Waals surface area (Å²) in [6.07, 6.45) is -5.17. The van der Waals surface area contributed by atoms with E-state index < -0.39 is 30.3 Å². The number of thiophene rings is 1. The van der Waals surface area contributed by atoms with E-state index in [0.717, 1.165) is 38.1 Å². The van der Waals surface area contributed by atoms with E-state index >= 15 is 4.39 Å². The predicted molar refractivity (Wildman–Crippen MR) is 228 cm³/mol. The molecule has 5 atom stereocenters. The summed E-state index contributed by atoms with van der Waals surface area (Å²) in [5, 5.41) is 14.6. The normalized spacial score (nSPS) is 20.4. The Labute approximate surface area is 348 Å². The summed E-state index contributed by atoms with van der Waals surface area (Å²) in [6, 6.07) is 52.5. The Morgan fingerprint density at radius 3 is 1.81 bits per heavy atom. The van der Waals surface area contributed by atoms with E-state index in [4.69, 9.17) is 28.4 Å². The fourth-order valence-corrected chi connectivity index (χ4v) is 8.56. The second kappa shape index (κ2) is 19.1. The lowest BCUT2D eigenvalue weighted by molar-refractivity contribution is -0.367. The number of methoxy groups -OCH3 is 1. The van der Waals surface area contributed by atoms with Crippen molar-refractivity contribution in [1.29, 1.82) is 0 Å². The molecular weight excluding hydrogens is 764 g/mol. The van der Waals surface area contributed by atoms with Crippen molar-refractivity contribution in [2.45, 2.75) is 63.1 Å². The molecule has 1 aromatic heterocycles. The Morgan fingerprint density at radius 1 is 0.644 bits per heavy atom. The maximum Gasteiger partial charge on any atom is 0.226 e. The third-order valence-corrected chi connectivity index (χ3v) is 11.6. The van der Waals surface area contributed by atoms with Gasteiger partial charge in [0.25, 0.3) is 0 Å². The molecule has 0 amide bonds. The smallest absolute Gasteiger partial charge is 0.226 e. The van der Waals surface area contributed by atoms with Crippen LogP contribution in [0.15, 0.2) is 164 Å². The molecule has 8 rings (SSSR count). The number of alkyl halides is 1. The summed E-state index contributed by atoms with van der Waals surface area (Å²) in [6.45, 7) is 0.362. The van der Waals surface area contributed by atoms with Crippen LogP contribution < -0.4 is 9.47 Å². The number of aliphatic hydroxyl groups is 1. The molecule has 7 aromatic rings. The van der Waals surface area contributed by atoms with E-state index in [1.807, 2.05) is 140 Å². The van der Waals surface area contributed by atoms with Crippen LogP contribution in [0.5, 0.6) is 11.5 Å². The summed E-state index contributed by atoms with van der Waals surface area (Å²) in [5.41, 5.74) is 4.56. The first-order valence-electron chi connectivity index (χ1n) is 19.8. The van der Waals surface area contributed by atoms with Crippen molar-refractivity contribution in [3.05, 3.63) is 202 Å². The Hall–Kier alpha value is -5.39. The minimum atomic E-state index is -2.30. The van der Waals surface area contributed by atoms with Crippen LogP contribution in [0.3, 0.4) is 0 Å². The van der Waals surface area contributed by atoms with Crippen molar-refractivity contribution in [2.24, 2.45) is 0 Å². The lowest BCUT2D eigenvalue weighted by Gasteiger charge is -2.48. The number of hydrogen-bond acceptors (Lipinski definition) is 8. The zero-order valence-electron chi connectivity index (χ0n) is 32.8. The standard InChI is InChI=1S/C50H47FO7S/c1-53-43-29-44(55-31-36-18-8-3-9-19-36)42(28-40(43)27-41-26-39-24-14-15-25-46(39)59-41)50(52)49(57-33-38-22-12-5-13-23-38)48(56-32-37-20-10-4-11-21-37)47(51)45(58-50)34-54-30-35-16-6-2-7-17-35/h2-26,28-29,45,47-49,52H,27,30-34H2,1H3/t45-,47-,48+,49-,50?/m1/s1. The van der Waals surface area contributed by atoms with Gasteiger partial charge >= 0.3 is 0 Å². The zero-order chi connectivity index (χ0) is 40.4. The summed E-state index contributed by atoms with van der Waals surface area (Å²) >= 11 is 1.69. The van der Waals surface area contributed by atoms with Crippen LogP contribution in [0.2, 0.25) is 0 Å². The highest BCUT2D eigenvalue weighted by atomic mass is 32.1. The Balaban J connectivity index is 1.23. The van der Waals surface area contributed by atoms with Gasteiger partial charge in [-0.1, -0.05) is 140 Å². The highest BCUT2D eigenvalue weighted by Crippen LogP contribution is 2.47. The highest BCUT2D eigenvalue weighted by Gasteiger charge is 2.58. The van der Waals surface area contributed by atoms with E-state index in [1.54, 1.807) is 24.5 Å². The lowest BCUT2D eigenvalue weighted by Crippen LogP contribution is -2.64. The van der Waals surface area contributed by atoms with Gasteiger partial charge in [0.15, 0.2) is 6.17 Å². The molecule has 0 spiro atoms. The van der Waals surface area contributed by atoms with Crippen LogP contribution in [0.25, 0.3) is 10.1 Å². The number of ether oxygens (including phenoxy) is 6. The fourth-order valence-electron chi connectivity index (χ4n) is 7.47. The SMILES string of the molecule is COc1cc(OCc2ccccc2)c(C2(O)O[C@H](COCc3ccccc3)[C@@H](F)[C@H](OCc3ccccc3)[C@H]2OCc2ccccc2)cc1Cc1cc2ccccc2s1. The predicted octanol–water partition coefficient (Wildman–Crippen LogP) is 10.3. The van der Waals surface area contributed by atoms with E-state index in [1.165, 1.54) is 4.70 Å². The molecule has 6 aromatic carbocycles. The van der Waals surface area contributed by atoms with Crippen LogP contribution in [-0.4, -0.2) is 43.3 Å². The molecule has 1 fully saturated rings. The molecule has 0 aliphatic carbocycles. The molecule has 59 heavy (non-hydrogen) atoms. The van der Waals surface area contributed by atoms with Crippen molar-refractivity contribution in [2.75, 3.05) is 13.7 Å². The summed E-state index contributed by atoms with van der Waals surface area (Å²) in [5.74, 6) is -1.43. The van der Waals surface area contributed by atoms with Gasteiger partial charge in [-0.25, -0.2) is 4.39 Å². The van der Waals surface area contributed by atoms with Gasteiger partial charge in [-0.15, -0.1) is 11.3 Å². The van der Waals surface area contributed by atoms with E-state index in [-0.39, 0.29) is 38.6 Å². The zero-order valence-corrected chi connectivity index (χ0v) is 33.6. The van der Waals surface area contributed by atoms with Gasteiger partial charge in [0.2, 0.25) is 5.79 Å². The first-order valence-corrected chi connectivity index (χ1v) is 20.6. The molecule has 0 bridgehead atoms. The van der Waals surface area contributed by atoms with Gasteiger partial charge in [-0.2, -0.15) is 0 Å². The summed E-state index contributed by atoms with van der Waals surface area (Å²) < 4.78 is 56.9. The molecule has 0 radical (unpaired) electrons.